The third kappa shape index (κ3) is 3.64. The minimum atomic E-state index is -0.836. The van der Waals surface area contributed by atoms with Crippen molar-refractivity contribution in [3.63, 3.8) is 0 Å². The monoisotopic (exact) mass is 309 g/mol. The van der Waals surface area contributed by atoms with E-state index in [-0.39, 0.29) is 17.7 Å². The maximum Gasteiger partial charge on any atom is 0.310 e. The lowest BCUT2D eigenvalue weighted by Crippen LogP contribution is -2.40. The summed E-state index contributed by atoms with van der Waals surface area (Å²) in [6, 6.07) is 4.06. The molecule has 4 nitrogen and oxygen atoms in total. The van der Waals surface area contributed by atoms with Crippen LogP contribution in [0.1, 0.15) is 50.8 Å². The minimum absolute atomic E-state index is 0.100. The Morgan fingerprint density at radius 3 is 2.57 bits per heavy atom. The summed E-state index contributed by atoms with van der Waals surface area (Å²) in [5.41, 5.74) is -0.965. The smallest absolute Gasteiger partial charge is 0.310 e. The van der Waals surface area contributed by atoms with Gasteiger partial charge in [-0.15, -0.1) is 11.3 Å². The number of hydrogen-bond donors (Lipinski definition) is 2. The lowest BCUT2D eigenvalue weighted by Gasteiger charge is -2.26. The molecule has 1 aromatic heterocycles. The quantitative estimate of drug-likeness (QED) is 0.848. The van der Waals surface area contributed by atoms with E-state index in [0.29, 0.717) is 19.4 Å². The molecule has 2 rings (SSSR count). The molecule has 1 amide bonds. The highest BCUT2D eigenvalue weighted by atomic mass is 32.1. The first-order valence-corrected chi connectivity index (χ1v) is 8.28. The fourth-order valence-corrected chi connectivity index (χ4v) is 3.81. The van der Waals surface area contributed by atoms with Gasteiger partial charge in [-0.25, -0.2) is 0 Å². The van der Waals surface area contributed by atoms with Gasteiger partial charge in [-0.3, -0.25) is 9.59 Å². The number of carboxylic acids is 1. The first kappa shape index (κ1) is 16.0. The normalized spacial score (nSPS) is 17.6. The first-order chi connectivity index (χ1) is 9.86. The van der Waals surface area contributed by atoms with Gasteiger partial charge < -0.3 is 10.4 Å². The predicted octanol–water partition coefficient (Wildman–Crippen LogP) is 3.18. The molecule has 116 valence electrons. The average molecular weight is 309 g/mol. The molecule has 5 heteroatoms. The number of carbonyl (C=O) groups is 2. The van der Waals surface area contributed by atoms with Crippen molar-refractivity contribution < 1.29 is 14.7 Å². The van der Waals surface area contributed by atoms with Gasteiger partial charge >= 0.3 is 5.97 Å². The van der Waals surface area contributed by atoms with Crippen LogP contribution in [0, 0.1) is 5.41 Å². The molecule has 2 N–H and O–H groups in total. The Kier molecular flexibility index (Phi) is 4.71. The van der Waals surface area contributed by atoms with Crippen LogP contribution in [-0.4, -0.2) is 23.5 Å². The van der Waals surface area contributed by atoms with Gasteiger partial charge in [0, 0.05) is 23.3 Å². The molecule has 21 heavy (non-hydrogen) atoms. The fourth-order valence-electron chi connectivity index (χ4n) is 2.96. The number of carboxylic acid groups (broad SMARTS) is 1. The Bertz CT molecular complexity index is 502. The Labute approximate surface area is 129 Å². The van der Waals surface area contributed by atoms with Gasteiger partial charge in [0.2, 0.25) is 5.91 Å². The van der Waals surface area contributed by atoms with E-state index in [9.17, 15) is 14.7 Å². The molecule has 1 fully saturated rings. The molecule has 0 bridgehead atoms. The van der Waals surface area contributed by atoms with Crippen molar-refractivity contribution in [2.75, 3.05) is 6.54 Å². The van der Waals surface area contributed by atoms with E-state index in [0.717, 1.165) is 12.8 Å². The van der Waals surface area contributed by atoms with Gasteiger partial charge in [-0.2, -0.15) is 0 Å². The zero-order valence-corrected chi connectivity index (χ0v) is 13.5. The number of nitrogens with one attached hydrogen (secondary N) is 1. The van der Waals surface area contributed by atoms with Crippen LogP contribution in [-0.2, 0) is 15.0 Å². The summed E-state index contributed by atoms with van der Waals surface area (Å²) in [5.74, 6) is -0.975. The third-order valence-corrected chi connectivity index (χ3v) is 5.66. The van der Waals surface area contributed by atoms with E-state index in [1.807, 2.05) is 11.4 Å². The molecule has 1 aliphatic carbocycles. The largest absolute Gasteiger partial charge is 0.481 e. The molecule has 0 radical (unpaired) electrons. The Morgan fingerprint density at radius 2 is 2.05 bits per heavy atom. The lowest BCUT2D eigenvalue weighted by atomic mass is 9.82. The summed E-state index contributed by atoms with van der Waals surface area (Å²) in [5, 5.41) is 14.4. The maximum atomic E-state index is 12.2. The van der Waals surface area contributed by atoms with Crippen molar-refractivity contribution in [3.8, 4) is 0 Å². The van der Waals surface area contributed by atoms with Gasteiger partial charge in [-0.1, -0.05) is 32.8 Å². The van der Waals surface area contributed by atoms with Gasteiger partial charge in [-0.05, 0) is 24.3 Å². The van der Waals surface area contributed by atoms with Crippen LogP contribution < -0.4 is 5.32 Å². The predicted molar refractivity (Wildman–Crippen MR) is 83.5 cm³/mol. The minimum Gasteiger partial charge on any atom is -0.481 e. The van der Waals surface area contributed by atoms with Crippen molar-refractivity contribution in [1.82, 2.24) is 5.32 Å². The number of amides is 1. The topological polar surface area (TPSA) is 66.4 Å². The van der Waals surface area contributed by atoms with Crippen molar-refractivity contribution >= 4 is 23.2 Å². The number of hydrogen-bond acceptors (Lipinski definition) is 3. The zero-order valence-electron chi connectivity index (χ0n) is 12.6. The maximum absolute atomic E-state index is 12.2. The Balaban J connectivity index is 1.92. The number of thiophene rings is 1. The summed E-state index contributed by atoms with van der Waals surface area (Å²) in [7, 11) is 0. The van der Waals surface area contributed by atoms with Crippen LogP contribution in [0.25, 0.3) is 0 Å². The second-order valence-electron chi connectivity index (χ2n) is 6.61. The molecular weight excluding hydrogens is 286 g/mol. The highest BCUT2D eigenvalue weighted by Crippen LogP contribution is 2.41. The second-order valence-corrected chi connectivity index (χ2v) is 7.55. The highest BCUT2D eigenvalue weighted by Gasteiger charge is 2.43. The van der Waals surface area contributed by atoms with Crippen molar-refractivity contribution in [2.45, 2.75) is 51.4 Å². The third-order valence-electron chi connectivity index (χ3n) is 4.43. The molecule has 1 aromatic rings. The molecular formula is C16H23NO3S. The van der Waals surface area contributed by atoms with E-state index in [4.69, 9.17) is 0 Å². The summed E-state index contributed by atoms with van der Waals surface area (Å²) in [6.45, 7) is 4.70. The number of aliphatic carboxylic acids is 1. The van der Waals surface area contributed by atoms with E-state index < -0.39 is 11.4 Å². The summed E-state index contributed by atoms with van der Waals surface area (Å²) in [4.78, 5) is 24.8. The van der Waals surface area contributed by atoms with Gasteiger partial charge in [0.05, 0.1) is 5.41 Å². The summed E-state index contributed by atoms with van der Waals surface area (Å²) < 4.78 is 0. The SMILES string of the molecule is CC(C)(CNC(=O)CC1(C(=O)O)CCCC1)c1cccs1. The van der Waals surface area contributed by atoms with Crippen LogP contribution in [0.15, 0.2) is 17.5 Å². The molecule has 0 saturated heterocycles. The molecule has 1 saturated carbocycles. The molecule has 0 aliphatic heterocycles. The first-order valence-electron chi connectivity index (χ1n) is 7.40. The zero-order chi connectivity index (χ0) is 15.5. The van der Waals surface area contributed by atoms with E-state index in [1.165, 1.54) is 4.88 Å². The molecule has 0 unspecified atom stereocenters. The molecule has 1 heterocycles. The van der Waals surface area contributed by atoms with Crippen LogP contribution in [0.4, 0.5) is 0 Å². The van der Waals surface area contributed by atoms with Crippen LogP contribution in [0.5, 0.6) is 0 Å². The van der Waals surface area contributed by atoms with E-state index in [2.05, 4.69) is 25.2 Å². The van der Waals surface area contributed by atoms with E-state index in [1.54, 1.807) is 11.3 Å². The van der Waals surface area contributed by atoms with E-state index >= 15 is 0 Å². The van der Waals surface area contributed by atoms with Crippen LogP contribution in [0.3, 0.4) is 0 Å². The fraction of sp³-hybridized carbons (Fsp3) is 0.625. The van der Waals surface area contributed by atoms with Crippen molar-refractivity contribution in [2.24, 2.45) is 5.41 Å². The number of rotatable bonds is 6. The van der Waals surface area contributed by atoms with Gasteiger partial charge in [0.15, 0.2) is 0 Å². The van der Waals surface area contributed by atoms with Gasteiger partial charge in [0.1, 0.15) is 0 Å². The highest BCUT2D eigenvalue weighted by molar-refractivity contribution is 7.10. The standard InChI is InChI=1S/C16H23NO3S/c1-15(2,12-6-5-9-21-12)11-17-13(18)10-16(14(19)20)7-3-4-8-16/h5-6,9H,3-4,7-8,10-11H2,1-2H3,(H,17,18)(H,19,20). The molecule has 0 spiro atoms. The lowest BCUT2D eigenvalue weighted by molar-refractivity contribution is -0.151. The molecule has 0 aromatic carbocycles. The number of carbonyl (C=O) groups excluding carboxylic acids is 1. The molecule has 1 aliphatic rings. The summed E-state index contributed by atoms with van der Waals surface area (Å²) in [6.07, 6.45) is 3.14. The average Bonchev–Trinajstić information content (AvgIpc) is 3.08. The Hall–Kier alpha value is -1.36. The second kappa shape index (κ2) is 6.18. The van der Waals surface area contributed by atoms with Crippen molar-refractivity contribution in [3.05, 3.63) is 22.4 Å². The molecule has 0 atom stereocenters. The van der Waals surface area contributed by atoms with Crippen molar-refractivity contribution in [1.29, 1.82) is 0 Å². The van der Waals surface area contributed by atoms with Gasteiger partial charge in [0.25, 0.3) is 0 Å². The Morgan fingerprint density at radius 1 is 1.38 bits per heavy atom. The van der Waals surface area contributed by atoms with Crippen LogP contribution >= 0.6 is 11.3 Å². The van der Waals surface area contributed by atoms with Crippen LogP contribution in [0.2, 0.25) is 0 Å². The summed E-state index contributed by atoms with van der Waals surface area (Å²) >= 11 is 1.67.